The van der Waals surface area contributed by atoms with Gasteiger partial charge in [-0.05, 0) is 13.3 Å². The third-order valence-corrected chi connectivity index (χ3v) is 0.917. The lowest BCUT2D eigenvalue weighted by molar-refractivity contribution is -0.132. The number of aliphatic hydroxyl groups is 1. The van der Waals surface area contributed by atoms with Crippen molar-refractivity contribution in [1.29, 1.82) is 0 Å². The number of carboxylic acid groups (broad SMARTS) is 1. The number of rotatable bonds is 3. The lowest BCUT2D eigenvalue weighted by Gasteiger charge is -1.89. The molecule has 0 saturated carbocycles. The van der Waals surface area contributed by atoms with E-state index in [0.29, 0.717) is 6.42 Å². The molecule has 0 spiro atoms. The molecule has 13 heavy (non-hydrogen) atoms. The second-order valence-electron chi connectivity index (χ2n) is 1.99. The van der Waals surface area contributed by atoms with E-state index in [1.807, 2.05) is 0 Å². The Balaban J connectivity index is 0. The van der Waals surface area contributed by atoms with Crippen molar-refractivity contribution in [3.63, 3.8) is 0 Å². The third-order valence-electron chi connectivity index (χ3n) is 0.917. The van der Waals surface area contributed by atoms with Crippen LogP contribution in [0.3, 0.4) is 0 Å². The SMILES string of the molecule is CC(=CCCO)C(=O)O.O=[PH](O)O. The van der Waals surface area contributed by atoms with Gasteiger partial charge >= 0.3 is 14.2 Å². The summed E-state index contributed by atoms with van der Waals surface area (Å²) in [4.78, 5) is 24.4. The summed E-state index contributed by atoms with van der Waals surface area (Å²) in [6.07, 6.45) is 1.90. The number of carboxylic acids is 1. The predicted molar refractivity (Wildman–Crippen MR) is 46.5 cm³/mol. The molecule has 0 atom stereocenters. The molecule has 0 aromatic heterocycles. The molecule has 0 radical (unpaired) electrons. The van der Waals surface area contributed by atoms with Crippen molar-refractivity contribution < 1.29 is 29.4 Å². The smallest absolute Gasteiger partial charge is 0.330 e. The molecule has 78 valence electrons. The summed E-state index contributed by atoms with van der Waals surface area (Å²) in [7, 11) is -3.13. The molecule has 0 amide bonds. The van der Waals surface area contributed by atoms with Gasteiger partial charge in [-0.2, -0.15) is 0 Å². The van der Waals surface area contributed by atoms with Crippen LogP contribution in [0.15, 0.2) is 11.6 Å². The quantitative estimate of drug-likeness (QED) is 0.379. The molecule has 0 aliphatic heterocycles. The van der Waals surface area contributed by atoms with Gasteiger partial charge in [0.2, 0.25) is 0 Å². The Hall–Kier alpha value is -0.680. The van der Waals surface area contributed by atoms with E-state index < -0.39 is 14.2 Å². The molecule has 6 nitrogen and oxygen atoms in total. The van der Waals surface area contributed by atoms with Crippen LogP contribution in [-0.2, 0) is 9.36 Å². The number of aliphatic hydroxyl groups excluding tert-OH is 1. The Kier molecular flexibility index (Phi) is 10.7. The zero-order chi connectivity index (χ0) is 10.9. The Morgan fingerprint density at radius 1 is 1.46 bits per heavy atom. The van der Waals surface area contributed by atoms with Gasteiger partial charge in [-0.3, -0.25) is 4.57 Å². The summed E-state index contributed by atoms with van der Waals surface area (Å²) in [5.41, 5.74) is 0.282. The largest absolute Gasteiger partial charge is 0.478 e. The number of carbonyl (C=O) groups is 1. The minimum atomic E-state index is -3.13. The molecule has 0 aliphatic carbocycles. The molecular weight excluding hydrogens is 199 g/mol. The second kappa shape index (κ2) is 9.41. The number of hydrogen-bond donors (Lipinski definition) is 4. The Bertz CT molecular complexity index is 195. The molecule has 0 aromatic rings. The van der Waals surface area contributed by atoms with Crippen LogP contribution in [0.25, 0.3) is 0 Å². The van der Waals surface area contributed by atoms with Crippen molar-refractivity contribution in [3.05, 3.63) is 11.6 Å². The Morgan fingerprint density at radius 2 is 1.85 bits per heavy atom. The van der Waals surface area contributed by atoms with Crippen LogP contribution < -0.4 is 0 Å². The maximum atomic E-state index is 10.1. The van der Waals surface area contributed by atoms with E-state index in [9.17, 15) is 4.79 Å². The monoisotopic (exact) mass is 212 g/mol. The number of aliphatic carboxylic acids is 1. The molecule has 0 saturated heterocycles. The molecule has 0 aliphatic rings. The van der Waals surface area contributed by atoms with Crippen molar-refractivity contribution >= 4 is 14.2 Å². The van der Waals surface area contributed by atoms with Gasteiger partial charge in [-0.1, -0.05) is 6.08 Å². The standard InChI is InChI=1S/C6H10O3.H3O3P/c1-5(6(8)9)3-2-4-7;1-4(2)3/h3,7H,2,4H2,1H3,(H,8,9);4H,(H2,1,2,3). The first-order chi connectivity index (χ1) is 5.91. The molecule has 0 bridgehead atoms. The zero-order valence-electron chi connectivity index (χ0n) is 7.10. The van der Waals surface area contributed by atoms with Crippen molar-refractivity contribution in [3.8, 4) is 0 Å². The van der Waals surface area contributed by atoms with Crippen molar-refractivity contribution in [2.45, 2.75) is 13.3 Å². The summed E-state index contributed by atoms with van der Waals surface area (Å²) >= 11 is 0. The molecule has 0 unspecified atom stereocenters. The maximum Gasteiger partial charge on any atom is 0.330 e. The van der Waals surface area contributed by atoms with Gasteiger partial charge in [0.05, 0.1) is 0 Å². The van der Waals surface area contributed by atoms with Crippen molar-refractivity contribution in [1.82, 2.24) is 0 Å². The van der Waals surface area contributed by atoms with Gasteiger partial charge in [0, 0.05) is 12.2 Å². The van der Waals surface area contributed by atoms with Crippen molar-refractivity contribution in [2.24, 2.45) is 0 Å². The Morgan fingerprint density at radius 3 is 2.08 bits per heavy atom. The van der Waals surface area contributed by atoms with Crippen LogP contribution >= 0.6 is 8.25 Å². The fourth-order valence-electron chi connectivity index (χ4n) is 0.368. The zero-order valence-corrected chi connectivity index (χ0v) is 8.10. The summed E-state index contributed by atoms with van der Waals surface area (Å²) in [5, 5.41) is 16.5. The van der Waals surface area contributed by atoms with Crippen LogP contribution in [0.1, 0.15) is 13.3 Å². The van der Waals surface area contributed by atoms with E-state index in [1.165, 1.54) is 13.0 Å². The highest BCUT2D eigenvalue weighted by molar-refractivity contribution is 7.30. The number of hydrogen-bond acceptors (Lipinski definition) is 3. The summed E-state index contributed by atoms with van der Waals surface area (Å²) in [6, 6.07) is 0. The average molecular weight is 212 g/mol. The third kappa shape index (κ3) is 18.4. The molecule has 0 rings (SSSR count). The van der Waals surface area contributed by atoms with Crippen LogP contribution in [0.5, 0.6) is 0 Å². The first-order valence-electron chi connectivity index (χ1n) is 3.34. The summed E-state index contributed by atoms with van der Waals surface area (Å²) < 4.78 is 8.74. The average Bonchev–Trinajstić information content (AvgIpc) is 1.98. The van der Waals surface area contributed by atoms with Gasteiger partial charge in [0.1, 0.15) is 0 Å². The highest BCUT2D eigenvalue weighted by Crippen LogP contribution is 1.98. The minimum Gasteiger partial charge on any atom is -0.478 e. The predicted octanol–water partition coefficient (Wildman–Crippen LogP) is -0.240. The van der Waals surface area contributed by atoms with Crippen LogP contribution in [-0.4, -0.2) is 32.6 Å². The fourth-order valence-corrected chi connectivity index (χ4v) is 0.368. The molecule has 4 N–H and O–H groups in total. The van der Waals surface area contributed by atoms with E-state index in [2.05, 4.69) is 0 Å². The molecule has 0 fully saturated rings. The van der Waals surface area contributed by atoms with Gasteiger partial charge in [-0.25, -0.2) is 4.79 Å². The van der Waals surface area contributed by atoms with E-state index in [4.69, 9.17) is 24.6 Å². The minimum absolute atomic E-state index is 0.00458. The van der Waals surface area contributed by atoms with Crippen LogP contribution in [0.2, 0.25) is 0 Å². The molecule has 7 heteroatoms. The van der Waals surface area contributed by atoms with Gasteiger partial charge < -0.3 is 20.0 Å². The van der Waals surface area contributed by atoms with Crippen LogP contribution in [0.4, 0.5) is 0 Å². The van der Waals surface area contributed by atoms with Crippen LogP contribution in [0, 0.1) is 0 Å². The van der Waals surface area contributed by atoms with E-state index in [0.717, 1.165) is 0 Å². The topological polar surface area (TPSA) is 115 Å². The maximum absolute atomic E-state index is 10.1. The lowest BCUT2D eigenvalue weighted by Crippen LogP contribution is -1.95. The first-order valence-corrected chi connectivity index (χ1v) is 4.64. The first kappa shape index (κ1) is 14.8. The van der Waals surface area contributed by atoms with Crippen molar-refractivity contribution in [2.75, 3.05) is 6.61 Å². The second-order valence-corrected chi connectivity index (χ2v) is 2.55. The van der Waals surface area contributed by atoms with E-state index >= 15 is 0 Å². The van der Waals surface area contributed by atoms with Gasteiger partial charge in [0.15, 0.2) is 0 Å². The molecular formula is C6H13O6P. The summed E-state index contributed by atoms with van der Waals surface area (Å²) in [6.45, 7) is 1.50. The summed E-state index contributed by atoms with van der Waals surface area (Å²) in [5.74, 6) is -0.927. The Labute approximate surface area is 76.1 Å². The normalized spacial score (nSPS) is 10.7. The molecule has 0 heterocycles. The van der Waals surface area contributed by atoms with E-state index in [1.54, 1.807) is 0 Å². The van der Waals surface area contributed by atoms with Gasteiger partial charge in [0.25, 0.3) is 0 Å². The highest BCUT2D eigenvalue weighted by atomic mass is 31.1. The highest BCUT2D eigenvalue weighted by Gasteiger charge is 1.96. The van der Waals surface area contributed by atoms with Gasteiger partial charge in [-0.15, -0.1) is 0 Å². The molecule has 0 aromatic carbocycles. The fraction of sp³-hybridized carbons (Fsp3) is 0.500. The lowest BCUT2D eigenvalue weighted by atomic mass is 10.2. The van der Waals surface area contributed by atoms with E-state index in [-0.39, 0.29) is 12.2 Å².